The molecule has 0 bridgehead atoms. The molecule has 0 unspecified atom stereocenters. The van der Waals surface area contributed by atoms with Crippen molar-refractivity contribution in [2.75, 3.05) is 20.2 Å². The Morgan fingerprint density at radius 2 is 2.23 bits per heavy atom. The first-order valence-electron chi connectivity index (χ1n) is 7.25. The van der Waals surface area contributed by atoms with E-state index in [0.29, 0.717) is 13.1 Å². The van der Waals surface area contributed by atoms with Crippen LogP contribution in [0, 0.1) is 17.3 Å². The van der Waals surface area contributed by atoms with Crippen LogP contribution in [0.4, 0.5) is 4.79 Å². The largest absolute Gasteiger partial charge is 0.497 e. The van der Waals surface area contributed by atoms with Crippen molar-refractivity contribution < 1.29 is 14.6 Å². The van der Waals surface area contributed by atoms with E-state index >= 15 is 0 Å². The third-order valence-electron chi connectivity index (χ3n) is 3.91. The van der Waals surface area contributed by atoms with Gasteiger partial charge in [-0.3, -0.25) is 0 Å². The second-order valence-electron chi connectivity index (χ2n) is 6.01. The first-order valence-corrected chi connectivity index (χ1v) is 7.25. The standard InChI is InChI=1S/C18H21NO3/c1-18(2)13-19(17(20)21)11-10-15(18)8-4-6-14-7-5-9-16(12-14)22-3/h5,7-9,12H,10-11,13H2,1-3H3,(H,20,21)/b15-8+. The molecule has 22 heavy (non-hydrogen) atoms. The Labute approximate surface area is 131 Å². The van der Waals surface area contributed by atoms with Crippen LogP contribution in [-0.2, 0) is 0 Å². The summed E-state index contributed by atoms with van der Waals surface area (Å²) in [5.74, 6) is 6.98. The van der Waals surface area contributed by atoms with Crippen molar-refractivity contribution >= 4 is 6.09 Å². The Balaban J connectivity index is 2.13. The molecule has 1 fully saturated rings. The van der Waals surface area contributed by atoms with Gasteiger partial charge in [0, 0.05) is 24.1 Å². The summed E-state index contributed by atoms with van der Waals surface area (Å²) in [6.07, 6.45) is 1.81. The molecule has 0 atom stereocenters. The number of nitrogens with zero attached hydrogens (tertiary/aromatic N) is 1. The van der Waals surface area contributed by atoms with Gasteiger partial charge in [0.1, 0.15) is 5.75 Å². The lowest BCUT2D eigenvalue weighted by atomic mass is 9.79. The number of carboxylic acid groups (broad SMARTS) is 1. The van der Waals surface area contributed by atoms with Crippen LogP contribution in [0.5, 0.6) is 5.75 Å². The molecule has 0 saturated carbocycles. The molecule has 1 aromatic rings. The third-order valence-corrected chi connectivity index (χ3v) is 3.91. The van der Waals surface area contributed by atoms with Crippen LogP contribution in [0.15, 0.2) is 35.9 Å². The molecule has 1 heterocycles. The fraction of sp³-hybridized carbons (Fsp3) is 0.389. The zero-order valence-electron chi connectivity index (χ0n) is 13.2. The first-order chi connectivity index (χ1) is 10.4. The predicted molar refractivity (Wildman–Crippen MR) is 86.0 cm³/mol. The molecular weight excluding hydrogens is 278 g/mol. The van der Waals surface area contributed by atoms with Crippen LogP contribution in [0.1, 0.15) is 25.8 Å². The first kappa shape index (κ1) is 16.0. The average Bonchev–Trinajstić information content (AvgIpc) is 2.48. The van der Waals surface area contributed by atoms with E-state index in [1.165, 1.54) is 10.5 Å². The van der Waals surface area contributed by atoms with Crippen molar-refractivity contribution in [2.45, 2.75) is 20.3 Å². The van der Waals surface area contributed by atoms with Crippen LogP contribution in [0.2, 0.25) is 0 Å². The quantitative estimate of drug-likeness (QED) is 0.809. The fourth-order valence-corrected chi connectivity index (χ4v) is 2.59. The van der Waals surface area contributed by atoms with Gasteiger partial charge in [-0.25, -0.2) is 4.79 Å². The number of carbonyl (C=O) groups is 1. The molecule has 1 aliphatic rings. The number of methoxy groups -OCH3 is 1. The molecule has 2 rings (SSSR count). The van der Waals surface area contributed by atoms with Crippen LogP contribution in [-0.4, -0.2) is 36.3 Å². The van der Waals surface area contributed by atoms with E-state index in [4.69, 9.17) is 9.84 Å². The minimum absolute atomic E-state index is 0.181. The van der Waals surface area contributed by atoms with Crippen LogP contribution in [0.25, 0.3) is 0 Å². The Morgan fingerprint density at radius 1 is 1.45 bits per heavy atom. The molecule has 1 amide bonds. The number of amides is 1. The summed E-state index contributed by atoms with van der Waals surface area (Å²) in [6, 6.07) is 7.62. The highest BCUT2D eigenvalue weighted by atomic mass is 16.5. The maximum Gasteiger partial charge on any atom is 0.407 e. The van der Waals surface area contributed by atoms with Gasteiger partial charge in [-0.15, -0.1) is 0 Å². The smallest absolute Gasteiger partial charge is 0.407 e. The molecular formula is C18H21NO3. The van der Waals surface area contributed by atoms with Crippen molar-refractivity contribution in [3.63, 3.8) is 0 Å². The SMILES string of the molecule is COc1cccc(C#C/C=C2\CCN(C(=O)O)CC2(C)C)c1. The molecule has 1 aliphatic heterocycles. The van der Waals surface area contributed by atoms with Gasteiger partial charge in [-0.1, -0.05) is 37.3 Å². The lowest BCUT2D eigenvalue weighted by molar-refractivity contribution is 0.117. The van der Waals surface area contributed by atoms with E-state index in [1.54, 1.807) is 7.11 Å². The summed E-state index contributed by atoms with van der Waals surface area (Å²) in [5.41, 5.74) is 1.91. The zero-order chi connectivity index (χ0) is 16.2. The highest BCUT2D eigenvalue weighted by Crippen LogP contribution is 2.34. The summed E-state index contributed by atoms with van der Waals surface area (Å²) in [6.45, 7) is 5.16. The van der Waals surface area contributed by atoms with E-state index in [9.17, 15) is 4.79 Å². The number of piperidine rings is 1. The summed E-state index contributed by atoms with van der Waals surface area (Å²) in [7, 11) is 1.63. The molecule has 1 saturated heterocycles. The highest BCUT2D eigenvalue weighted by molar-refractivity contribution is 5.65. The van der Waals surface area contributed by atoms with E-state index in [0.717, 1.165) is 17.7 Å². The Hall–Kier alpha value is -2.41. The normalized spacial score (nSPS) is 18.5. The molecule has 0 aliphatic carbocycles. The van der Waals surface area contributed by atoms with Gasteiger partial charge >= 0.3 is 6.09 Å². The number of allylic oxidation sites excluding steroid dienone is 1. The summed E-state index contributed by atoms with van der Waals surface area (Å²) in [4.78, 5) is 12.5. The minimum Gasteiger partial charge on any atom is -0.497 e. The lowest BCUT2D eigenvalue weighted by Crippen LogP contribution is -2.44. The number of hydrogen-bond acceptors (Lipinski definition) is 2. The van der Waals surface area contributed by atoms with Crippen LogP contribution >= 0.6 is 0 Å². The monoisotopic (exact) mass is 299 g/mol. The van der Waals surface area contributed by atoms with Gasteiger partial charge in [0.05, 0.1) is 7.11 Å². The third kappa shape index (κ3) is 3.82. The van der Waals surface area contributed by atoms with Crippen molar-refractivity contribution in [1.29, 1.82) is 0 Å². The number of benzene rings is 1. The van der Waals surface area contributed by atoms with Crippen LogP contribution in [0.3, 0.4) is 0 Å². The van der Waals surface area contributed by atoms with Gasteiger partial charge in [-0.05, 0) is 30.7 Å². The summed E-state index contributed by atoms with van der Waals surface area (Å²) < 4.78 is 5.17. The molecule has 0 spiro atoms. The molecule has 1 N–H and O–H groups in total. The van der Waals surface area contributed by atoms with E-state index in [2.05, 4.69) is 25.7 Å². The molecule has 0 radical (unpaired) electrons. The predicted octanol–water partition coefficient (Wildman–Crippen LogP) is 3.38. The van der Waals surface area contributed by atoms with Gasteiger partial charge in [0.2, 0.25) is 0 Å². The zero-order valence-corrected chi connectivity index (χ0v) is 13.2. The Kier molecular flexibility index (Phi) is 4.77. The van der Waals surface area contributed by atoms with Crippen molar-refractivity contribution in [2.24, 2.45) is 5.41 Å². The number of rotatable bonds is 1. The van der Waals surface area contributed by atoms with Gasteiger partial charge in [0.15, 0.2) is 0 Å². The van der Waals surface area contributed by atoms with Crippen molar-refractivity contribution in [1.82, 2.24) is 4.90 Å². The lowest BCUT2D eigenvalue weighted by Gasteiger charge is -2.38. The maximum absolute atomic E-state index is 11.1. The molecule has 0 aromatic heterocycles. The number of hydrogen-bond donors (Lipinski definition) is 1. The van der Waals surface area contributed by atoms with Gasteiger partial charge in [0.25, 0.3) is 0 Å². The van der Waals surface area contributed by atoms with Gasteiger partial charge < -0.3 is 14.7 Å². The van der Waals surface area contributed by atoms with Gasteiger partial charge in [-0.2, -0.15) is 0 Å². The molecule has 116 valence electrons. The number of likely N-dealkylation sites (tertiary alicyclic amines) is 1. The molecule has 4 nitrogen and oxygen atoms in total. The Morgan fingerprint density at radius 3 is 2.86 bits per heavy atom. The summed E-state index contributed by atoms with van der Waals surface area (Å²) >= 11 is 0. The fourth-order valence-electron chi connectivity index (χ4n) is 2.59. The Bertz CT molecular complexity index is 650. The highest BCUT2D eigenvalue weighted by Gasteiger charge is 2.32. The average molecular weight is 299 g/mol. The van der Waals surface area contributed by atoms with E-state index in [-0.39, 0.29) is 5.41 Å². The van der Waals surface area contributed by atoms with E-state index in [1.807, 2.05) is 30.3 Å². The maximum atomic E-state index is 11.1. The minimum atomic E-state index is -0.852. The van der Waals surface area contributed by atoms with Crippen molar-refractivity contribution in [3.05, 3.63) is 41.5 Å². The topological polar surface area (TPSA) is 49.8 Å². The number of ether oxygens (including phenoxy) is 1. The molecule has 4 heteroatoms. The second kappa shape index (κ2) is 6.57. The van der Waals surface area contributed by atoms with E-state index < -0.39 is 6.09 Å². The summed E-state index contributed by atoms with van der Waals surface area (Å²) in [5, 5.41) is 9.10. The van der Waals surface area contributed by atoms with Crippen LogP contribution < -0.4 is 4.74 Å². The van der Waals surface area contributed by atoms with Crippen molar-refractivity contribution in [3.8, 4) is 17.6 Å². The molecule has 1 aromatic carbocycles. The second-order valence-corrected chi connectivity index (χ2v) is 6.01.